The van der Waals surface area contributed by atoms with Crippen LogP contribution in [-0.2, 0) is 4.79 Å². The highest BCUT2D eigenvalue weighted by molar-refractivity contribution is 5.77. The minimum absolute atomic E-state index is 0.362. The predicted octanol–water partition coefficient (Wildman–Crippen LogP) is 2.12. The first kappa shape index (κ1) is 12.9. The van der Waals surface area contributed by atoms with Crippen molar-refractivity contribution in [2.45, 2.75) is 52.5 Å². The Hall–Kier alpha value is -0.570. The van der Waals surface area contributed by atoms with Gasteiger partial charge in [0.1, 0.15) is 0 Å². The molecule has 3 heteroatoms. The van der Waals surface area contributed by atoms with Crippen LogP contribution in [0.15, 0.2) is 0 Å². The van der Waals surface area contributed by atoms with Crippen LogP contribution in [0.3, 0.4) is 0 Å². The third-order valence-corrected chi connectivity index (χ3v) is 3.75. The van der Waals surface area contributed by atoms with Gasteiger partial charge in [-0.2, -0.15) is 0 Å². The molecule has 0 N–H and O–H groups in total. The van der Waals surface area contributed by atoms with E-state index < -0.39 is 0 Å². The monoisotopic (exact) mass is 238 g/mol. The van der Waals surface area contributed by atoms with E-state index in [0.29, 0.717) is 17.4 Å². The SMILES string of the molecule is CC(C)(C)CN1CC[C@@H](N2CCCCC2=O)C1. The van der Waals surface area contributed by atoms with Crippen molar-refractivity contribution in [3.8, 4) is 0 Å². The van der Waals surface area contributed by atoms with Gasteiger partial charge in [-0.3, -0.25) is 4.79 Å². The molecular formula is C14H26N2O. The van der Waals surface area contributed by atoms with Crippen LogP contribution in [0.1, 0.15) is 46.5 Å². The maximum absolute atomic E-state index is 11.9. The summed E-state index contributed by atoms with van der Waals surface area (Å²) in [5.74, 6) is 0.388. The highest BCUT2D eigenvalue weighted by atomic mass is 16.2. The Labute approximate surface area is 105 Å². The normalized spacial score (nSPS) is 27.8. The van der Waals surface area contributed by atoms with E-state index in [9.17, 15) is 4.79 Å². The smallest absolute Gasteiger partial charge is 0.222 e. The molecule has 2 aliphatic heterocycles. The van der Waals surface area contributed by atoms with Crippen molar-refractivity contribution in [3.63, 3.8) is 0 Å². The van der Waals surface area contributed by atoms with Crippen LogP contribution in [0.4, 0.5) is 0 Å². The molecule has 2 saturated heterocycles. The van der Waals surface area contributed by atoms with E-state index in [0.717, 1.165) is 39.0 Å². The molecule has 1 atom stereocenters. The van der Waals surface area contributed by atoms with Crippen molar-refractivity contribution in [2.75, 3.05) is 26.2 Å². The molecule has 0 unspecified atom stereocenters. The van der Waals surface area contributed by atoms with E-state index in [2.05, 4.69) is 30.6 Å². The first-order valence-corrected chi connectivity index (χ1v) is 6.97. The molecule has 0 bridgehead atoms. The molecule has 0 radical (unpaired) electrons. The van der Waals surface area contributed by atoms with Crippen molar-refractivity contribution in [2.24, 2.45) is 5.41 Å². The number of likely N-dealkylation sites (tertiary alicyclic amines) is 2. The van der Waals surface area contributed by atoms with Gasteiger partial charge in [0, 0.05) is 38.6 Å². The van der Waals surface area contributed by atoms with Crippen molar-refractivity contribution in [3.05, 3.63) is 0 Å². The lowest BCUT2D eigenvalue weighted by atomic mass is 9.96. The first-order chi connectivity index (χ1) is 7.96. The van der Waals surface area contributed by atoms with Gasteiger partial charge in [-0.1, -0.05) is 20.8 Å². The lowest BCUT2D eigenvalue weighted by Crippen LogP contribution is -2.45. The van der Waals surface area contributed by atoms with Crippen LogP contribution in [-0.4, -0.2) is 47.9 Å². The summed E-state index contributed by atoms with van der Waals surface area (Å²) in [6, 6.07) is 0.491. The van der Waals surface area contributed by atoms with E-state index in [1.807, 2.05) is 0 Å². The van der Waals surface area contributed by atoms with Crippen LogP contribution in [0.25, 0.3) is 0 Å². The fraction of sp³-hybridized carbons (Fsp3) is 0.929. The lowest BCUT2D eigenvalue weighted by molar-refractivity contribution is -0.135. The predicted molar refractivity (Wildman–Crippen MR) is 69.9 cm³/mol. The topological polar surface area (TPSA) is 23.6 Å². The number of piperidine rings is 1. The minimum atomic E-state index is 0.362. The summed E-state index contributed by atoms with van der Waals surface area (Å²) in [6.07, 6.45) is 4.23. The largest absolute Gasteiger partial charge is 0.338 e. The third-order valence-electron chi connectivity index (χ3n) is 3.75. The van der Waals surface area contributed by atoms with Gasteiger partial charge in [0.25, 0.3) is 0 Å². The summed E-state index contributed by atoms with van der Waals surface area (Å²) in [7, 11) is 0. The second-order valence-electron chi connectivity index (χ2n) is 6.78. The van der Waals surface area contributed by atoms with Gasteiger partial charge in [0.05, 0.1) is 0 Å². The van der Waals surface area contributed by atoms with Crippen LogP contribution in [0, 0.1) is 5.41 Å². The Balaban J connectivity index is 1.86. The molecule has 0 aliphatic carbocycles. The lowest BCUT2D eigenvalue weighted by Gasteiger charge is -2.33. The summed E-state index contributed by atoms with van der Waals surface area (Å²) in [6.45, 7) is 11.2. The molecule has 0 spiro atoms. The number of carbonyl (C=O) groups is 1. The zero-order chi connectivity index (χ0) is 12.5. The van der Waals surface area contributed by atoms with Crippen LogP contribution < -0.4 is 0 Å². The van der Waals surface area contributed by atoms with E-state index in [1.165, 1.54) is 12.8 Å². The average Bonchev–Trinajstić information content (AvgIpc) is 2.64. The first-order valence-electron chi connectivity index (χ1n) is 6.97. The molecule has 2 fully saturated rings. The van der Waals surface area contributed by atoms with E-state index in [4.69, 9.17) is 0 Å². The van der Waals surface area contributed by atoms with E-state index in [1.54, 1.807) is 0 Å². The maximum atomic E-state index is 11.9. The summed E-state index contributed by atoms with van der Waals surface area (Å²) in [5, 5.41) is 0. The van der Waals surface area contributed by atoms with E-state index in [-0.39, 0.29) is 0 Å². The van der Waals surface area contributed by atoms with Gasteiger partial charge in [-0.05, 0) is 24.7 Å². The Kier molecular flexibility index (Phi) is 3.76. The molecule has 1 amide bonds. The van der Waals surface area contributed by atoms with Gasteiger partial charge in [-0.25, -0.2) is 0 Å². The van der Waals surface area contributed by atoms with Gasteiger partial charge >= 0.3 is 0 Å². The molecule has 98 valence electrons. The average molecular weight is 238 g/mol. The number of carbonyl (C=O) groups excluding carboxylic acids is 1. The molecular weight excluding hydrogens is 212 g/mol. The molecule has 0 aromatic rings. The van der Waals surface area contributed by atoms with E-state index >= 15 is 0 Å². The highest BCUT2D eigenvalue weighted by Crippen LogP contribution is 2.24. The number of amides is 1. The van der Waals surface area contributed by atoms with Crippen LogP contribution in [0.2, 0.25) is 0 Å². The molecule has 2 aliphatic rings. The minimum Gasteiger partial charge on any atom is -0.338 e. The summed E-state index contributed by atoms with van der Waals surface area (Å²) in [5.41, 5.74) is 0.362. The summed E-state index contributed by atoms with van der Waals surface area (Å²) >= 11 is 0. The van der Waals surface area contributed by atoms with Gasteiger partial charge in [-0.15, -0.1) is 0 Å². The zero-order valence-corrected chi connectivity index (χ0v) is 11.5. The van der Waals surface area contributed by atoms with Crippen molar-refractivity contribution in [1.82, 2.24) is 9.80 Å². The number of hydrogen-bond donors (Lipinski definition) is 0. The molecule has 2 heterocycles. The molecule has 0 aromatic carbocycles. The second kappa shape index (κ2) is 4.97. The Morgan fingerprint density at radius 3 is 2.65 bits per heavy atom. The van der Waals surface area contributed by atoms with Crippen molar-refractivity contribution >= 4 is 5.91 Å². The molecule has 3 nitrogen and oxygen atoms in total. The quantitative estimate of drug-likeness (QED) is 0.735. The third kappa shape index (κ3) is 3.44. The fourth-order valence-corrected chi connectivity index (χ4v) is 3.09. The Morgan fingerprint density at radius 1 is 1.24 bits per heavy atom. The molecule has 2 rings (SSSR count). The zero-order valence-electron chi connectivity index (χ0n) is 11.5. The molecule has 0 saturated carbocycles. The Bertz CT molecular complexity index is 282. The number of nitrogens with zero attached hydrogens (tertiary/aromatic N) is 2. The van der Waals surface area contributed by atoms with Crippen molar-refractivity contribution < 1.29 is 4.79 Å². The van der Waals surface area contributed by atoms with Gasteiger partial charge in [0.15, 0.2) is 0 Å². The standard InChI is InChI=1S/C14H26N2O/c1-14(2,3)11-15-9-7-12(10-15)16-8-5-4-6-13(16)17/h12H,4-11H2,1-3H3/t12-/m1/s1. The summed E-state index contributed by atoms with van der Waals surface area (Å²) in [4.78, 5) is 16.5. The number of rotatable bonds is 2. The van der Waals surface area contributed by atoms with Crippen LogP contribution >= 0.6 is 0 Å². The molecule has 17 heavy (non-hydrogen) atoms. The van der Waals surface area contributed by atoms with Crippen LogP contribution in [0.5, 0.6) is 0 Å². The van der Waals surface area contributed by atoms with Gasteiger partial charge < -0.3 is 9.80 Å². The maximum Gasteiger partial charge on any atom is 0.222 e. The Morgan fingerprint density at radius 2 is 2.00 bits per heavy atom. The fourth-order valence-electron chi connectivity index (χ4n) is 3.09. The number of hydrogen-bond acceptors (Lipinski definition) is 2. The highest BCUT2D eigenvalue weighted by Gasteiger charge is 2.32. The van der Waals surface area contributed by atoms with Crippen molar-refractivity contribution in [1.29, 1.82) is 0 Å². The second-order valence-corrected chi connectivity index (χ2v) is 6.78. The van der Waals surface area contributed by atoms with Gasteiger partial charge in [0.2, 0.25) is 5.91 Å². The summed E-state index contributed by atoms with van der Waals surface area (Å²) < 4.78 is 0. The molecule has 0 aromatic heterocycles.